The van der Waals surface area contributed by atoms with Gasteiger partial charge in [0.25, 0.3) is 5.91 Å². The molecular formula is C21H23NO3. The standard InChI is InChI=1S/C21H23NO3/c1-21(2,3)15-6-4-13(5-7-15)20(23)22-18-16-9-11-24-17(16)12-14-8-10-25-19(14)18/h4-7,12H,8-11H2,1-3H3,(H,22,23). The van der Waals surface area contributed by atoms with Crippen molar-refractivity contribution in [1.29, 1.82) is 0 Å². The average molecular weight is 337 g/mol. The van der Waals surface area contributed by atoms with E-state index in [1.807, 2.05) is 24.3 Å². The maximum atomic E-state index is 12.8. The molecule has 0 atom stereocenters. The van der Waals surface area contributed by atoms with Gasteiger partial charge in [0.05, 0.1) is 18.9 Å². The summed E-state index contributed by atoms with van der Waals surface area (Å²) in [6.07, 6.45) is 1.65. The SMILES string of the molecule is CC(C)(C)c1ccc(C(=O)Nc2c3c(cc4c2OCC4)OCC3)cc1. The Morgan fingerprint density at radius 2 is 1.76 bits per heavy atom. The summed E-state index contributed by atoms with van der Waals surface area (Å²) in [6.45, 7) is 7.80. The highest BCUT2D eigenvalue weighted by atomic mass is 16.5. The molecule has 1 amide bonds. The predicted molar refractivity (Wildman–Crippen MR) is 97.9 cm³/mol. The highest BCUT2D eigenvalue weighted by Gasteiger charge is 2.27. The number of carbonyl (C=O) groups is 1. The Kier molecular flexibility index (Phi) is 3.71. The van der Waals surface area contributed by atoms with Gasteiger partial charge in [-0.05, 0) is 29.2 Å². The maximum Gasteiger partial charge on any atom is 0.255 e. The summed E-state index contributed by atoms with van der Waals surface area (Å²) in [7, 11) is 0. The first-order valence-electron chi connectivity index (χ1n) is 8.80. The van der Waals surface area contributed by atoms with Crippen molar-refractivity contribution in [3.8, 4) is 11.5 Å². The van der Waals surface area contributed by atoms with Crippen molar-refractivity contribution in [3.63, 3.8) is 0 Å². The minimum Gasteiger partial charge on any atom is -0.493 e. The molecule has 0 radical (unpaired) electrons. The Morgan fingerprint density at radius 1 is 1.04 bits per heavy atom. The van der Waals surface area contributed by atoms with Gasteiger partial charge in [-0.25, -0.2) is 0 Å². The Balaban J connectivity index is 1.64. The van der Waals surface area contributed by atoms with Crippen LogP contribution in [-0.2, 0) is 18.3 Å². The molecule has 4 nitrogen and oxygen atoms in total. The second-order valence-corrected chi connectivity index (χ2v) is 7.69. The Labute approximate surface area is 148 Å². The molecule has 0 unspecified atom stereocenters. The van der Waals surface area contributed by atoms with Gasteiger partial charge in [-0.1, -0.05) is 32.9 Å². The summed E-state index contributed by atoms with van der Waals surface area (Å²) in [5.74, 6) is 1.57. The van der Waals surface area contributed by atoms with Crippen molar-refractivity contribution in [3.05, 3.63) is 52.6 Å². The van der Waals surface area contributed by atoms with E-state index in [-0.39, 0.29) is 11.3 Å². The normalized spacial score (nSPS) is 15.2. The van der Waals surface area contributed by atoms with Crippen LogP contribution in [0.2, 0.25) is 0 Å². The molecule has 2 aromatic rings. The number of hydrogen-bond donors (Lipinski definition) is 1. The fraction of sp³-hybridized carbons (Fsp3) is 0.381. The van der Waals surface area contributed by atoms with E-state index in [9.17, 15) is 4.79 Å². The fourth-order valence-electron chi connectivity index (χ4n) is 3.42. The van der Waals surface area contributed by atoms with Crippen LogP contribution in [0.3, 0.4) is 0 Å². The van der Waals surface area contributed by atoms with Crippen LogP contribution in [0.25, 0.3) is 0 Å². The van der Waals surface area contributed by atoms with E-state index in [1.165, 1.54) is 5.56 Å². The third kappa shape index (κ3) is 2.86. The number of amides is 1. The van der Waals surface area contributed by atoms with Gasteiger partial charge in [-0.2, -0.15) is 0 Å². The molecule has 0 aliphatic carbocycles. The molecule has 130 valence electrons. The Hall–Kier alpha value is -2.49. The first-order valence-corrected chi connectivity index (χ1v) is 8.80. The van der Waals surface area contributed by atoms with Gasteiger partial charge in [0.1, 0.15) is 11.5 Å². The molecule has 25 heavy (non-hydrogen) atoms. The van der Waals surface area contributed by atoms with Crippen molar-refractivity contribution in [2.45, 2.75) is 39.0 Å². The van der Waals surface area contributed by atoms with E-state index in [1.54, 1.807) is 0 Å². The Morgan fingerprint density at radius 3 is 2.48 bits per heavy atom. The van der Waals surface area contributed by atoms with Crippen LogP contribution < -0.4 is 14.8 Å². The molecule has 2 aliphatic heterocycles. The number of carbonyl (C=O) groups excluding carboxylic acids is 1. The molecule has 0 bridgehead atoms. The first-order chi connectivity index (χ1) is 11.9. The lowest BCUT2D eigenvalue weighted by Crippen LogP contribution is -2.15. The van der Waals surface area contributed by atoms with E-state index in [4.69, 9.17) is 9.47 Å². The summed E-state index contributed by atoms with van der Waals surface area (Å²) >= 11 is 0. The van der Waals surface area contributed by atoms with Crippen molar-refractivity contribution in [2.24, 2.45) is 0 Å². The second-order valence-electron chi connectivity index (χ2n) is 7.69. The zero-order valence-electron chi connectivity index (χ0n) is 14.9. The smallest absolute Gasteiger partial charge is 0.255 e. The minimum absolute atomic E-state index is 0.0707. The lowest BCUT2D eigenvalue weighted by atomic mass is 9.86. The number of hydrogen-bond acceptors (Lipinski definition) is 3. The van der Waals surface area contributed by atoms with Gasteiger partial charge in [0.2, 0.25) is 0 Å². The molecule has 0 saturated heterocycles. The average Bonchev–Trinajstić information content (AvgIpc) is 3.22. The molecule has 2 aliphatic rings. The van der Waals surface area contributed by atoms with E-state index in [2.05, 4.69) is 32.2 Å². The zero-order valence-corrected chi connectivity index (χ0v) is 14.9. The van der Waals surface area contributed by atoms with Crippen LogP contribution in [0.4, 0.5) is 5.69 Å². The van der Waals surface area contributed by atoms with E-state index < -0.39 is 0 Å². The van der Waals surface area contributed by atoms with Crippen LogP contribution in [0, 0.1) is 0 Å². The zero-order chi connectivity index (χ0) is 17.6. The van der Waals surface area contributed by atoms with Gasteiger partial charge in [-0.3, -0.25) is 4.79 Å². The molecule has 2 heterocycles. The maximum absolute atomic E-state index is 12.8. The second kappa shape index (κ2) is 5.80. The third-order valence-electron chi connectivity index (χ3n) is 4.90. The minimum atomic E-state index is -0.113. The van der Waals surface area contributed by atoms with Crippen LogP contribution in [-0.4, -0.2) is 19.1 Å². The lowest BCUT2D eigenvalue weighted by Gasteiger charge is -2.19. The van der Waals surface area contributed by atoms with Crippen LogP contribution in [0.15, 0.2) is 30.3 Å². The number of ether oxygens (including phenoxy) is 2. The van der Waals surface area contributed by atoms with Crippen molar-refractivity contribution in [2.75, 3.05) is 18.5 Å². The van der Waals surface area contributed by atoms with Crippen LogP contribution in [0.5, 0.6) is 11.5 Å². The van der Waals surface area contributed by atoms with Crippen molar-refractivity contribution < 1.29 is 14.3 Å². The van der Waals surface area contributed by atoms with E-state index in [0.717, 1.165) is 41.2 Å². The number of benzene rings is 2. The van der Waals surface area contributed by atoms with Crippen LogP contribution >= 0.6 is 0 Å². The Bertz CT molecular complexity index is 799. The molecule has 4 heteroatoms. The summed E-state index contributed by atoms with van der Waals surface area (Å²) in [6, 6.07) is 9.87. The molecule has 0 spiro atoms. The van der Waals surface area contributed by atoms with Gasteiger partial charge < -0.3 is 14.8 Å². The summed E-state index contributed by atoms with van der Waals surface area (Å²) in [4.78, 5) is 12.8. The topological polar surface area (TPSA) is 47.6 Å². The van der Waals surface area contributed by atoms with E-state index >= 15 is 0 Å². The first kappa shape index (κ1) is 16.0. The number of fused-ring (bicyclic) bond motifs is 2. The monoisotopic (exact) mass is 337 g/mol. The number of nitrogens with one attached hydrogen (secondary N) is 1. The summed E-state index contributed by atoms with van der Waals surface area (Å²) in [5, 5.41) is 3.07. The fourth-order valence-corrected chi connectivity index (χ4v) is 3.42. The molecular weight excluding hydrogens is 314 g/mol. The van der Waals surface area contributed by atoms with E-state index in [0.29, 0.717) is 18.8 Å². The number of anilines is 1. The predicted octanol–water partition coefficient (Wildman–Crippen LogP) is 4.11. The van der Waals surface area contributed by atoms with Crippen molar-refractivity contribution in [1.82, 2.24) is 0 Å². The van der Waals surface area contributed by atoms with Gasteiger partial charge in [0, 0.05) is 29.5 Å². The van der Waals surface area contributed by atoms with Crippen molar-refractivity contribution >= 4 is 11.6 Å². The van der Waals surface area contributed by atoms with Gasteiger partial charge in [-0.15, -0.1) is 0 Å². The highest BCUT2D eigenvalue weighted by molar-refractivity contribution is 6.06. The van der Waals surface area contributed by atoms with Gasteiger partial charge >= 0.3 is 0 Å². The third-order valence-corrected chi connectivity index (χ3v) is 4.90. The van der Waals surface area contributed by atoms with Gasteiger partial charge in [0.15, 0.2) is 0 Å². The highest BCUT2D eigenvalue weighted by Crippen LogP contribution is 2.44. The molecule has 2 aromatic carbocycles. The molecule has 0 saturated carbocycles. The molecule has 1 N–H and O–H groups in total. The molecule has 4 rings (SSSR count). The number of rotatable bonds is 2. The molecule has 0 fully saturated rings. The summed E-state index contributed by atoms with van der Waals surface area (Å²) < 4.78 is 11.5. The summed E-state index contributed by atoms with van der Waals surface area (Å²) in [5.41, 5.74) is 4.87. The lowest BCUT2D eigenvalue weighted by molar-refractivity contribution is 0.102. The largest absolute Gasteiger partial charge is 0.493 e. The molecule has 0 aromatic heterocycles. The quantitative estimate of drug-likeness (QED) is 0.897. The van der Waals surface area contributed by atoms with Crippen LogP contribution in [0.1, 0.15) is 47.8 Å².